The maximum absolute atomic E-state index is 4.17. The topological polar surface area (TPSA) is 49.8 Å². The Kier molecular flexibility index (Phi) is 4.62. The third-order valence-electron chi connectivity index (χ3n) is 2.21. The molecule has 78 valence electrons. The number of nitrogens with one attached hydrogen (secondary N) is 2. The van der Waals surface area contributed by atoms with E-state index in [0.717, 1.165) is 18.9 Å². The second kappa shape index (κ2) is 5.78. The first-order valence-corrected chi connectivity index (χ1v) is 4.68. The van der Waals surface area contributed by atoms with Gasteiger partial charge < -0.3 is 10.6 Å². The lowest BCUT2D eigenvalue weighted by Gasteiger charge is -2.23. The second-order valence-corrected chi connectivity index (χ2v) is 3.28. The van der Waals surface area contributed by atoms with Crippen molar-refractivity contribution in [2.75, 3.05) is 18.4 Å². The summed E-state index contributed by atoms with van der Waals surface area (Å²) in [5.41, 5.74) is 0. The molecule has 0 amide bonds. The number of piperidine rings is 1. The van der Waals surface area contributed by atoms with Crippen LogP contribution in [-0.2, 0) is 0 Å². The molecule has 4 nitrogen and oxygen atoms in total. The minimum absolute atomic E-state index is 0. The predicted octanol–water partition coefficient (Wildman–Crippen LogP) is 1.06. The molecule has 5 heteroatoms. The Morgan fingerprint density at radius 1 is 1.43 bits per heavy atom. The standard InChI is InChI=1S/C9H14N4.ClH/c1-2-8(6-10-3-1)13-9-7-11-4-5-12-9;/h4-5,7-8,10H,1-3,6H2,(H,12,13);1H/t8-;/m1./s1. The van der Waals surface area contributed by atoms with Gasteiger partial charge in [-0.1, -0.05) is 0 Å². The van der Waals surface area contributed by atoms with Crippen molar-refractivity contribution in [1.29, 1.82) is 0 Å². The van der Waals surface area contributed by atoms with E-state index in [1.54, 1.807) is 18.6 Å². The Morgan fingerprint density at radius 2 is 2.36 bits per heavy atom. The van der Waals surface area contributed by atoms with E-state index in [1.165, 1.54) is 12.8 Å². The molecule has 14 heavy (non-hydrogen) atoms. The fourth-order valence-electron chi connectivity index (χ4n) is 1.56. The van der Waals surface area contributed by atoms with Crippen molar-refractivity contribution in [2.45, 2.75) is 18.9 Å². The van der Waals surface area contributed by atoms with Crippen molar-refractivity contribution in [1.82, 2.24) is 15.3 Å². The maximum Gasteiger partial charge on any atom is 0.144 e. The summed E-state index contributed by atoms with van der Waals surface area (Å²) in [6.07, 6.45) is 7.60. The summed E-state index contributed by atoms with van der Waals surface area (Å²) in [5.74, 6) is 0.871. The zero-order valence-corrected chi connectivity index (χ0v) is 8.76. The van der Waals surface area contributed by atoms with Gasteiger partial charge in [-0.15, -0.1) is 12.4 Å². The summed E-state index contributed by atoms with van der Waals surface area (Å²) >= 11 is 0. The van der Waals surface area contributed by atoms with Crippen molar-refractivity contribution in [3.05, 3.63) is 18.6 Å². The van der Waals surface area contributed by atoms with E-state index in [2.05, 4.69) is 20.6 Å². The molecule has 0 saturated carbocycles. The van der Waals surface area contributed by atoms with Crippen molar-refractivity contribution in [3.63, 3.8) is 0 Å². The van der Waals surface area contributed by atoms with Crippen molar-refractivity contribution >= 4 is 18.2 Å². The van der Waals surface area contributed by atoms with Crippen LogP contribution in [0.15, 0.2) is 18.6 Å². The monoisotopic (exact) mass is 214 g/mol. The fraction of sp³-hybridized carbons (Fsp3) is 0.556. The molecule has 1 atom stereocenters. The lowest BCUT2D eigenvalue weighted by Crippen LogP contribution is -2.38. The van der Waals surface area contributed by atoms with Crippen LogP contribution in [0.2, 0.25) is 0 Å². The van der Waals surface area contributed by atoms with Crippen LogP contribution in [-0.4, -0.2) is 29.1 Å². The van der Waals surface area contributed by atoms with Gasteiger partial charge in [-0.25, -0.2) is 4.98 Å². The summed E-state index contributed by atoms with van der Waals surface area (Å²) < 4.78 is 0. The normalized spacial score (nSPS) is 21.0. The summed E-state index contributed by atoms with van der Waals surface area (Å²) in [4.78, 5) is 8.18. The number of hydrogen-bond acceptors (Lipinski definition) is 4. The third kappa shape index (κ3) is 3.12. The number of nitrogens with zero attached hydrogens (tertiary/aromatic N) is 2. The van der Waals surface area contributed by atoms with Crippen molar-refractivity contribution < 1.29 is 0 Å². The van der Waals surface area contributed by atoms with Gasteiger partial charge in [0.15, 0.2) is 0 Å². The molecule has 2 N–H and O–H groups in total. The van der Waals surface area contributed by atoms with Gasteiger partial charge in [0.2, 0.25) is 0 Å². The molecule has 2 heterocycles. The number of anilines is 1. The molecule has 1 saturated heterocycles. The van der Waals surface area contributed by atoms with E-state index in [4.69, 9.17) is 0 Å². The van der Waals surface area contributed by atoms with Gasteiger partial charge in [-0.05, 0) is 19.4 Å². The SMILES string of the molecule is Cl.c1cnc(N[C@@H]2CCCNC2)cn1. The smallest absolute Gasteiger partial charge is 0.144 e. The lowest BCUT2D eigenvalue weighted by atomic mass is 10.1. The Labute approximate surface area is 89.9 Å². The van der Waals surface area contributed by atoms with Gasteiger partial charge in [0.1, 0.15) is 5.82 Å². The summed E-state index contributed by atoms with van der Waals surface area (Å²) in [7, 11) is 0. The molecule has 0 aliphatic carbocycles. The first-order valence-electron chi connectivity index (χ1n) is 4.68. The van der Waals surface area contributed by atoms with Crippen LogP contribution in [0.4, 0.5) is 5.82 Å². The average Bonchev–Trinajstić information content (AvgIpc) is 2.21. The van der Waals surface area contributed by atoms with Crippen molar-refractivity contribution in [2.24, 2.45) is 0 Å². The van der Waals surface area contributed by atoms with Crippen LogP contribution in [0, 0.1) is 0 Å². The summed E-state index contributed by atoms with van der Waals surface area (Å²) in [6.45, 7) is 2.16. The van der Waals surface area contributed by atoms with Gasteiger partial charge in [0.25, 0.3) is 0 Å². The van der Waals surface area contributed by atoms with Crippen LogP contribution in [0.1, 0.15) is 12.8 Å². The number of aromatic nitrogens is 2. The molecule has 1 aliphatic rings. The Bertz CT molecular complexity index is 248. The quantitative estimate of drug-likeness (QED) is 0.773. The molecule has 0 unspecified atom stereocenters. The highest BCUT2D eigenvalue weighted by molar-refractivity contribution is 5.85. The highest BCUT2D eigenvalue weighted by atomic mass is 35.5. The van der Waals surface area contributed by atoms with Gasteiger partial charge >= 0.3 is 0 Å². The zero-order chi connectivity index (χ0) is 8.93. The highest BCUT2D eigenvalue weighted by Gasteiger charge is 2.12. The number of hydrogen-bond donors (Lipinski definition) is 2. The van der Waals surface area contributed by atoms with Crippen LogP contribution in [0.25, 0.3) is 0 Å². The number of rotatable bonds is 2. The Morgan fingerprint density at radius 3 is 3.00 bits per heavy atom. The molecular weight excluding hydrogens is 200 g/mol. The van der Waals surface area contributed by atoms with Crippen LogP contribution in [0.5, 0.6) is 0 Å². The van der Waals surface area contributed by atoms with E-state index >= 15 is 0 Å². The van der Waals surface area contributed by atoms with E-state index in [9.17, 15) is 0 Å². The minimum atomic E-state index is 0. The molecular formula is C9H15ClN4. The predicted molar refractivity (Wildman–Crippen MR) is 58.8 cm³/mol. The van der Waals surface area contributed by atoms with E-state index in [0.29, 0.717) is 6.04 Å². The fourth-order valence-corrected chi connectivity index (χ4v) is 1.56. The zero-order valence-electron chi connectivity index (χ0n) is 7.94. The molecule has 2 rings (SSSR count). The van der Waals surface area contributed by atoms with E-state index in [1.807, 2.05) is 0 Å². The van der Waals surface area contributed by atoms with Gasteiger partial charge in [-0.2, -0.15) is 0 Å². The van der Waals surface area contributed by atoms with Crippen molar-refractivity contribution in [3.8, 4) is 0 Å². The van der Waals surface area contributed by atoms with Gasteiger partial charge in [0.05, 0.1) is 6.20 Å². The molecule has 1 aliphatic heterocycles. The molecule has 1 aromatic heterocycles. The maximum atomic E-state index is 4.17. The molecule has 0 bridgehead atoms. The largest absolute Gasteiger partial charge is 0.365 e. The Balaban J connectivity index is 0.000000980. The first kappa shape index (κ1) is 11.2. The average molecular weight is 215 g/mol. The molecule has 1 aromatic rings. The summed E-state index contributed by atoms with van der Waals surface area (Å²) in [6, 6.07) is 0.505. The molecule has 1 fully saturated rings. The van der Waals surface area contributed by atoms with Crippen LogP contribution >= 0.6 is 12.4 Å². The van der Waals surface area contributed by atoms with Crippen LogP contribution < -0.4 is 10.6 Å². The van der Waals surface area contributed by atoms with Gasteiger partial charge in [-0.3, -0.25) is 4.98 Å². The van der Waals surface area contributed by atoms with E-state index in [-0.39, 0.29) is 12.4 Å². The highest BCUT2D eigenvalue weighted by Crippen LogP contribution is 2.07. The molecule has 0 spiro atoms. The summed E-state index contributed by atoms with van der Waals surface area (Å²) in [5, 5.41) is 6.69. The third-order valence-corrected chi connectivity index (χ3v) is 2.21. The lowest BCUT2D eigenvalue weighted by molar-refractivity contribution is 0.479. The second-order valence-electron chi connectivity index (χ2n) is 3.28. The number of halogens is 1. The Hall–Kier alpha value is -0.870. The van der Waals surface area contributed by atoms with Gasteiger partial charge in [0, 0.05) is 25.0 Å². The molecule has 0 radical (unpaired) electrons. The van der Waals surface area contributed by atoms with Crippen LogP contribution in [0.3, 0.4) is 0 Å². The minimum Gasteiger partial charge on any atom is -0.365 e. The van der Waals surface area contributed by atoms with E-state index < -0.39 is 0 Å². The molecule has 0 aromatic carbocycles. The first-order chi connectivity index (χ1) is 6.45.